The lowest BCUT2D eigenvalue weighted by atomic mass is 9.91. The molecule has 1 unspecified atom stereocenters. The molecule has 102 valence electrons. The van der Waals surface area contributed by atoms with E-state index < -0.39 is 11.1 Å². The second-order valence-electron chi connectivity index (χ2n) is 6.55. The molecule has 0 aromatic rings. The van der Waals surface area contributed by atoms with Gasteiger partial charge in [-0.05, 0) is 54.4 Å². The lowest BCUT2D eigenvalue weighted by molar-refractivity contribution is -0.163. The van der Waals surface area contributed by atoms with Gasteiger partial charge < -0.3 is 4.74 Å². The smallest absolute Gasteiger partial charge is 0.326 e. The number of ether oxygens (including phenoxy) is 1. The van der Waals surface area contributed by atoms with Crippen LogP contribution in [0.4, 0.5) is 0 Å². The van der Waals surface area contributed by atoms with Crippen molar-refractivity contribution in [1.82, 2.24) is 5.32 Å². The summed E-state index contributed by atoms with van der Waals surface area (Å²) >= 11 is 0. The van der Waals surface area contributed by atoms with Gasteiger partial charge >= 0.3 is 5.97 Å². The summed E-state index contributed by atoms with van der Waals surface area (Å²) in [6, 6.07) is 0. The van der Waals surface area contributed by atoms with E-state index in [-0.39, 0.29) is 11.5 Å². The molecule has 0 aliphatic carbocycles. The number of rotatable bonds is 5. The van der Waals surface area contributed by atoms with Crippen LogP contribution in [0.2, 0.25) is 0 Å². The second-order valence-corrected chi connectivity index (χ2v) is 6.55. The highest BCUT2D eigenvalue weighted by molar-refractivity contribution is 5.80. The molecule has 0 saturated heterocycles. The molecule has 0 rings (SSSR count). The Morgan fingerprint density at radius 3 is 1.76 bits per heavy atom. The molecular weight excluding hydrogens is 214 g/mol. The molecule has 0 bridgehead atoms. The summed E-state index contributed by atoms with van der Waals surface area (Å²) in [6.07, 6.45) is 1.68. The fraction of sp³-hybridized carbons (Fsp3) is 0.929. The standard InChI is InChI=1S/C14H29NO2/c1-9-13(6,7)15-14(8,10-2)11(16)17-12(3,4)5/h15H,9-10H2,1-8H3. The number of carbonyl (C=O) groups is 1. The highest BCUT2D eigenvalue weighted by atomic mass is 16.6. The Kier molecular flexibility index (Phi) is 5.20. The van der Waals surface area contributed by atoms with Crippen LogP contribution in [0.5, 0.6) is 0 Å². The summed E-state index contributed by atoms with van der Waals surface area (Å²) in [4.78, 5) is 12.2. The van der Waals surface area contributed by atoms with E-state index in [9.17, 15) is 4.79 Å². The third kappa shape index (κ3) is 5.53. The molecule has 0 aliphatic rings. The molecule has 0 amide bonds. The van der Waals surface area contributed by atoms with E-state index in [1.54, 1.807) is 0 Å². The molecular formula is C14H29NO2. The van der Waals surface area contributed by atoms with E-state index in [1.807, 2.05) is 34.6 Å². The van der Waals surface area contributed by atoms with Gasteiger partial charge in [-0.3, -0.25) is 10.1 Å². The van der Waals surface area contributed by atoms with Crippen molar-refractivity contribution in [2.24, 2.45) is 0 Å². The lowest BCUT2D eigenvalue weighted by Crippen LogP contribution is -2.59. The minimum Gasteiger partial charge on any atom is -0.459 e. The number of hydrogen-bond acceptors (Lipinski definition) is 3. The Balaban J connectivity index is 4.84. The minimum absolute atomic E-state index is 0.0678. The summed E-state index contributed by atoms with van der Waals surface area (Å²) in [5, 5.41) is 3.42. The topological polar surface area (TPSA) is 38.3 Å². The van der Waals surface area contributed by atoms with Gasteiger partial charge in [0.2, 0.25) is 0 Å². The summed E-state index contributed by atoms with van der Waals surface area (Å²) in [5.74, 6) is -0.172. The Morgan fingerprint density at radius 1 is 1.00 bits per heavy atom. The first-order chi connectivity index (χ1) is 7.46. The molecule has 0 heterocycles. The first kappa shape index (κ1) is 16.4. The van der Waals surface area contributed by atoms with Crippen molar-refractivity contribution >= 4 is 5.97 Å². The molecule has 0 aromatic heterocycles. The number of hydrogen-bond donors (Lipinski definition) is 1. The van der Waals surface area contributed by atoms with Crippen molar-refractivity contribution < 1.29 is 9.53 Å². The molecule has 0 fully saturated rings. The van der Waals surface area contributed by atoms with Crippen LogP contribution in [-0.4, -0.2) is 22.6 Å². The molecule has 0 radical (unpaired) electrons. The zero-order valence-electron chi connectivity index (χ0n) is 12.7. The van der Waals surface area contributed by atoms with Crippen LogP contribution >= 0.6 is 0 Å². The van der Waals surface area contributed by atoms with Crippen molar-refractivity contribution in [2.45, 2.75) is 84.9 Å². The van der Waals surface area contributed by atoms with Gasteiger partial charge in [0.25, 0.3) is 0 Å². The molecule has 1 N–H and O–H groups in total. The van der Waals surface area contributed by atoms with Crippen LogP contribution < -0.4 is 5.32 Å². The SMILES string of the molecule is CCC(C)(C)NC(C)(CC)C(=O)OC(C)(C)C. The maximum absolute atomic E-state index is 12.2. The van der Waals surface area contributed by atoms with E-state index in [2.05, 4.69) is 26.1 Å². The molecule has 3 nitrogen and oxygen atoms in total. The number of carbonyl (C=O) groups excluding carboxylic acids is 1. The Labute approximate surface area is 106 Å². The fourth-order valence-corrected chi connectivity index (χ4v) is 1.51. The summed E-state index contributed by atoms with van der Waals surface area (Å²) in [7, 11) is 0. The molecule has 0 aromatic carbocycles. The third-order valence-corrected chi connectivity index (χ3v) is 3.05. The van der Waals surface area contributed by atoms with Gasteiger partial charge in [-0.25, -0.2) is 0 Å². The van der Waals surface area contributed by atoms with Crippen molar-refractivity contribution in [3.63, 3.8) is 0 Å². The molecule has 1 atom stereocenters. The normalized spacial score (nSPS) is 16.5. The predicted molar refractivity (Wildman–Crippen MR) is 72.0 cm³/mol. The zero-order valence-corrected chi connectivity index (χ0v) is 12.7. The summed E-state index contributed by atoms with van der Waals surface area (Å²) in [5.41, 5.74) is -1.12. The van der Waals surface area contributed by atoms with Gasteiger partial charge in [0.05, 0.1) is 0 Å². The van der Waals surface area contributed by atoms with Gasteiger partial charge in [0.1, 0.15) is 11.1 Å². The van der Waals surface area contributed by atoms with Crippen molar-refractivity contribution in [1.29, 1.82) is 0 Å². The van der Waals surface area contributed by atoms with Crippen LogP contribution in [-0.2, 0) is 9.53 Å². The lowest BCUT2D eigenvalue weighted by Gasteiger charge is -2.38. The van der Waals surface area contributed by atoms with E-state index in [1.165, 1.54) is 0 Å². The molecule has 0 saturated carbocycles. The zero-order chi connectivity index (χ0) is 13.9. The predicted octanol–water partition coefficient (Wildman–Crippen LogP) is 3.28. The van der Waals surface area contributed by atoms with Crippen LogP contribution in [0, 0.1) is 0 Å². The van der Waals surface area contributed by atoms with Crippen molar-refractivity contribution in [2.75, 3.05) is 0 Å². The van der Waals surface area contributed by atoms with Crippen LogP contribution in [0.15, 0.2) is 0 Å². The van der Waals surface area contributed by atoms with Crippen molar-refractivity contribution in [3.8, 4) is 0 Å². The van der Waals surface area contributed by atoms with E-state index in [4.69, 9.17) is 4.74 Å². The van der Waals surface area contributed by atoms with Gasteiger partial charge in [0, 0.05) is 5.54 Å². The van der Waals surface area contributed by atoms with Crippen LogP contribution in [0.3, 0.4) is 0 Å². The molecule has 0 aliphatic heterocycles. The average molecular weight is 243 g/mol. The van der Waals surface area contributed by atoms with E-state index >= 15 is 0 Å². The van der Waals surface area contributed by atoms with Gasteiger partial charge in [0.15, 0.2) is 0 Å². The maximum atomic E-state index is 12.2. The fourth-order valence-electron chi connectivity index (χ4n) is 1.51. The highest BCUT2D eigenvalue weighted by Gasteiger charge is 2.38. The Bertz CT molecular complexity index is 266. The van der Waals surface area contributed by atoms with E-state index in [0.29, 0.717) is 6.42 Å². The molecule has 0 spiro atoms. The van der Waals surface area contributed by atoms with Crippen LogP contribution in [0.1, 0.15) is 68.2 Å². The first-order valence-electron chi connectivity index (χ1n) is 6.48. The second kappa shape index (κ2) is 5.38. The molecule has 17 heavy (non-hydrogen) atoms. The number of esters is 1. The Morgan fingerprint density at radius 2 is 1.47 bits per heavy atom. The minimum atomic E-state index is -0.618. The number of nitrogens with one attached hydrogen (secondary N) is 1. The van der Waals surface area contributed by atoms with Gasteiger partial charge in [-0.2, -0.15) is 0 Å². The van der Waals surface area contributed by atoms with E-state index in [0.717, 1.165) is 6.42 Å². The first-order valence-corrected chi connectivity index (χ1v) is 6.48. The quantitative estimate of drug-likeness (QED) is 0.753. The largest absolute Gasteiger partial charge is 0.459 e. The Hall–Kier alpha value is -0.570. The maximum Gasteiger partial charge on any atom is 0.326 e. The summed E-state index contributed by atoms with van der Waals surface area (Å²) in [6.45, 7) is 15.9. The van der Waals surface area contributed by atoms with Gasteiger partial charge in [-0.15, -0.1) is 0 Å². The molecule has 3 heteroatoms. The highest BCUT2D eigenvalue weighted by Crippen LogP contribution is 2.21. The summed E-state index contributed by atoms with van der Waals surface area (Å²) < 4.78 is 5.48. The van der Waals surface area contributed by atoms with Crippen molar-refractivity contribution in [3.05, 3.63) is 0 Å². The monoisotopic (exact) mass is 243 g/mol. The third-order valence-electron chi connectivity index (χ3n) is 3.05. The van der Waals surface area contributed by atoms with Crippen LogP contribution in [0.25, 0.3) is 0 Å². The average Bonchev–Trinajstić information content (AvgIpc) is 2.14. The van der Waals surface area contributed by atoms with Gasteiger partial charge in [-0.1, -0.05) is 13.8 Å².